The summed E-state index contributed by atoms with van der Waals surface area (Å²) < 4.78 is 5.21. The van der Waals surface area contributed by atoms with Crippen LogP contribution in [0.2, 0.25) is 5.02 Å². The molecule has 0 amide bonds. The number of hydrogen-bond donors (Lipinski definition) is 1. The largest absolute Gasteiger partial charge is 0.489 e. The van der Waals surface area contributed by atoms with Gasteiger partial charge in [-0.3, -0.25) is 0 Å². The molecule has 0 aliphatic carbocycles. The van der Waals surface area contributed by atoms with Crippen LogP contribution in [-0.4, -0.2) is 17.8 Å². The molecule has 1 aromatic rings. The maximum Gasteiger partial charge on any atom is 0.138 e. The number of ether oxygens (including phenoxy) is 1. The summed E-state index contributed by atoms with van der Waals surface area (Å²) in [6, 6.07) is 6.91. The fourth-order valence-electron chi connectivity index (χ4n) is 0.944. The zero-order valence-corrected chi connectivity index (χ0v) is 8.45. The first-order chi connectivity index (χ1) is 6.65. The summed E-state index contributed by atoms with van der Waals surface area (Å²) in [5.74, 6) is 0.404. The van der Waals surface area contributed by atoms with Crippen LogP contribution in [-0.2, 0) is 0 Å². The third-order valence-electron chi connectivity index (χ3n) is 1.57. The van der Waals surface area contributed by atoms with Crippen molar-refractivity contribution in [2.24, 2.45) is 0 Å². The molecule has 0 aliphatic rings. The van der Waals surface area contributed by atoms with Gasteiger partial charge in [0.1, 0.15) is 24.0 Å². The molecule has 0 aromatic heterocycles. The Labute approximate surface area is 87.5 Å². The van der Waals surface area contributed by atoms with Crippen LogP contribution in [0.3, 0.4) is 0 Å². The van der Waals surface area contributed by atoms with E-state index in [0.717, 1.165) is 0 Å². The first-order valence-corrected chi connectivity index (χ1v) is 4.52. The quantitative estimate of drug-likeness (QED) is 0.832. The van der Waals surface area contributed by atoms with Crippen molar-refractivity contribution in [2.75, 3.05) is 6.61 Å². The second-order valence-electron chi connectivity index (χ2n) is 2.88. The Balaban J connectivity index is 2.87. The lowest BCUT2D eigenvalue weighted by Crippen LogP contribution is -2.13. The van der Waals surface area contributed by atoms with Crippen LogP contribution in [0, 0.1) is 11.3 Å². The van der Waals surface area contributed by atoms with Gasteiger partial charge in [-0.15, -0.1) is 0 Å². The normalized spacial score (nSPS) is 11.9. The molecule has 74 valence electrons. The zero-order chi connectivity index (χ0) is 10.6. The van der Waals surface area contributed by atoms with Crippen LogP contribution in [0.1, 0.15) is 12.5 Å². The molecule has 14 heavy (non-hydrogen) atoms. The minimum Gasteiger partial charge on any atom is -0.489 e. The lowest BCUT2D eigenvalue weighted by atomic mass is 10.2. The van der Waals surface area contributed by atoms with Gasteiger partial charge in [-0.1, -0.05) is 17.7 Å². The second-order valence-corrected chi connectivity index (χ2v) is 3.29. The standard InChI is InChI=1S/C10H10ClNO2/c1-7(13)6-14-10-4-2-3-9(11)8(10)5-12/h2-4,7,13H,6H2,1H3. The molecule has 0 fully saturated rings. The van der Waals surface area contributed by atoms with E-state index in [1.54, 1.807) is 25.1 Å². The highest BCUT2D eigenvalue weighted by Crippen LogP contribution is 2.25. The Morgan fingerprint density at radius 1 is 1.64 bits per heavy atom. The number of hydrogen-bond acceptors (Lipinski definition) is 3. The minimum absolute atomic E-state index is 0.148. The van der Waals surface area contributed by atoms with Crippen LogP contribution < -0.4 is 4.74 Å². The van der Waals surface area contributed by atoms with Crippen LogP contribution in [0.4, 0.5) is 0 Å². The molecule has 1 N–H and O–H groups in total. The third kappa shape index (κ3) is 2.63. The Hall–Kier alpha value is -1.24. The summed E-state index contributed by atoms with van der Waals surface area (Å²) in [4.78, 5) is 0. The molecule has 1 rings (SSSR count). The van der Waals surface area contributed by atoms with Gasteiger partial charge < -0.3 is 9.84 Å². The number of aliphatic hydroxyl groups excluding tert-OH is 1. The lowest BCUT2D eigenvalue weighted by Gasteiger charge is -2.09. The minimum atomic E-state index is -0.569. The fourth-order valence-corrected chi connectivity index (χ4v) is 1.15. The van der Waals surface area contributed by atoms with Crippen molar-refractivity contribution in [1.82, 2.24) is 0 Å². The predicted molar refractivity (Wildman–Crippen MR) is 53.3 cm³/mol. The first kappa shape index (κ1) is 10.8. The predicted octanol–water partition coefficient (Wildman–Crippen LogP) is 1.97. The van der Waals surface area contributed by atoms with E-state index in [9.17, 15) is 0 Å². The molecule has 0 spiro atoms. The molecule has 0 saturated carbocycles. The number of nitriles is 1. The molecule has 0 aliphatic heterocycles. The molecule has 1 atom stereocenters. The van der Waals surface area contributed by atoms with E-state index in [1.165, 1.54) is 0 Å². The van der Waals surface area contributed by atoms with E-state index >= 15 is 0 Å². The van der Waals surface area contributed by atoms with Crippen molar-refractivity contribution in [3.05, 3.63) is 28.8 Å². The number of nitrogens with zero attached hydrogens (tertiary/aromatic N) is 1. The van der Waals surface area contributed by atoms with Gasteiger partial charge in [-0.05, 0) is 19.1 Å². The van der Waals surface area contributed by atoms with Gasteiger partial charge in [0.15, 0.2) is 0 Å². The van der Waals surface area contributed by atoms with E-state index in [1.807, 2.05) is 6.07 Å². The molecular formula is C10H10ClNO2. The van der Waals surface area contributed by atoms with E-state index < -0.39 is 6.10 Å². The average molecular weight is 212 g/mol. The van der Waals surface area contributed by atoms with Gasteiger partial charge in [0.25, 0.3) is 0 Å². The van der Waals surface area contributed by atoms with Crippen LogP contribution in [0.5, 0.6) is 5.75 Å². The zero-order valence-electron chi connectivity index (χ0n) is 7.70. The van der Waals surface area contributed by atoms with E-state index in [-0.39, 0.29) is 6.61 Å². The van der Waals surface area contributed by atoms with Crippen LogP contribution in [0.25, 0.3) is 0 Å². The lowest BCUT2D eigenvalue weighted by molar-refractivity contribution is 0.122. The number of aliphatic hydroxyl groups is 1. The Morgan fingerprint density at radius 3 is 2.93 bits per heavy atom. The Bertz CT molecular complexity index is 358. The average Bonchev–Trinajstić information content (AvgIpc) is 2.14. The highest BCUT2D eigenvalue weighted by atomic mass is 35.5. The number of rotatable bonds is 3. The molecule has 0 saturated heterocycles. The summed E-state index contributed by atoms with van der Waals surface area (Å²) in [6.07, 6.45) is -0.569. The van der Waals surface area contributed by atoms with E-state index in [2.05, 4.69) is 0 Å². The molecule has 1 unspecified atom stereocenters. The van der Waals surface area contributed by atoms with Gasteiger partial charge in [-0.2, -0.15) is 5.26 Å². The number of halogens is 1. The first-order valence-electron chi connectivity index (χ1n) is 4.14. The van der Waals surface area contributed by atoms with Gasteiger partial charge >= 0.3 is 0 Å². The summed E-state index contributed by atoms with van der Waals surface area (Å²) in [5.41, 5.74) is 0.301. The van der Waals surface area contributed by atoms with Crippen LogP contribution in [0.15, 0.2) is 18.2 Å². The van der Waals surface area contributed by atoms with Gasteiger partial charge in [-0.25, -0.2) is 0 Å². The number of benzene rings is 1. The van der Waals surface area contributed by atoms with Crippen molar-refractivity contribution in [1.29, 1.82) is 5.26 Å². The third-order valence-corrected chi connectivity index (χ3v) is 1.88. The molecular weight excluding hydrogens is 202 g/mol. The van der Waals surface area contributed by atoms with E-state index in [4.69, 9.17) is 26.7 Å². The fraction of sp³-hybridized carbons (Fsp3) is 0.300. The van der Waals surface area contributed by atoms with Crippen LogP contribution >= 0.6 is 11.6 Å². The smallest absolute Gasteiger partial charge is 0.138 e. The SMILES string of the molecule is CC(O)COc1cccc(Cl)c1C#N. The summed E-state index contributed by atoms with van der Waals surface area (Å²) in [7, 11) is 0. The topological polar surface area (TPSA) is 53.2 Å². The molecule has 0 bridgehead atoms. The van der Waals surface area contributed by atoms with Crippen molar-refractivity contribution < 1.29 is 9.84 Å². The maximum atomic E-state index is 9.01. The maximum absolute atomic E-state index is 9.01. The Morgan fingerprint density at radius 2 is 2.36 bits per heavy atom. The Kier molecular flexibility index (Phi) is 3.75. The van der Waals surface area contributed by atoms with Crippen molar-refractivity contribution in [2.45, 2.75) is 13.0 Å². The monoisotopic (exact) mass is 211 g/mol. The molecule has 0 heterocycles. The second kappa shape index (κ2) is 4.85. The molecule has 0 radical (unpaired) electrons. The van der Waals surface area contributed by atoms with Crippen molar-refractivity contribution >= 4 is 11.6 Å². The van der Waals surface area contributed by atoms with Crippen molar-refractivity contribution in [3.8, 4) is 11.8 Å². The van der Waals surface area contributed by atoms with Crippen molar-refractivity contribution in [3.63, 3.8) is 0 Å². The van der Waals surface area contributed by atoms with Gasteiger partial charge in [0.2, 0.25) is 0 Å². The highest BCUT2D eigenvalue weighted by molar-refractivity contribution is 6.31. The molecule has 1 aromatic carbocycles. The summed E-state index contributed by atoms with van der Waals surface area (Å²) in [5, 5.41) is 18.2. The van der Waals surface area contributed by atoms with E-state index in [0.29, 0.717) is 16.3 Å². The highest BCUT2D eigenvalue weighted by Gasteiger charge is 2.07. The molecule has 4 heteroatoms. The van der Waals surface area contributed by atoms with Gasteiger partial charge in [0.05, 0.1) is 11.1 Å². The summed E-state index contributed by atoms with van der Waals surface area (Å²) >= 11 is 5.78. The molecule has 3 nitrogen and oxygen atoms in total. The summed E-state index contributed by atoms with van der Waals surface area (Å²) in [6.45, 7) is 1.76. The van der Waals surface area contributed by atoms with Gasteiger partial charge in [0, 0.05) is 0 Å².